The SMILES string of the molecule is CNc1c(C)c(C)nc2c(Br)c(C)ccc12. The van der Waals surface area contributed by atoms with Gasteiger partial charge in [0.15, 0.2) is 0 Å². The highest BCUT2D eigenvalue weighted by atomic mass is 79.9. The molecule has 2 aromatic rings. The zero-order chi connectivity index (χ0) is 11.9. The Kier molecular flexibility index (Phi) is 2.89. The van der Waals surface area contributed by atoms with Crippen molar-refractivity contribution in [3.05, 3.63) is 33.4 Å². The van der Waals surface area contributed by atoms with Gasteiger partial charge in [0.25, 0.3) is 0 Å². The fourth-order valence-electron chi connectivity index (χ4n) is 1.93. The Balaban J connectivity index is 2.96. The van der Waals surface area contributed by atoms with Gasteiger partial charge >= 0.3 is 0 Å². The summed E-state index contributed by atoms with van der Waals surface area (Å²) in [6.07, 6.45) is 0. The molecule has 1 aromatic carbocycles. The summed E-state index contributed by atoms with van der Waals surface area (Å²) < 4.78 is 1.09. The highest BCUT2D eigenvalue weighted by Gasteiger charge is 2.11. The fraction of sp³-hybridized carbons (Fsp3) is 0.308. The van der Waals surface area contributed by atoms with Crippen molar-refractivity contribution in [3.8, 4) is 0 Å². The number of hydrogen-bond acceptors (Lipinski definition) is 2. The molecule has 0 aliphatic carbocycles. The molecule has 0 atom stereocenters. The molecule has 16 heavy (non-hydrogen) atoms. The van der Waals surface area contributed by atoms with Crippen molar-refractivity contribution in [1.82, 2.24) is 4.98 Å². The third kappa shape index (κ3) is 1.59. The molecule has 1 N–H and O–H groups in total. The second-order valence-corrected chi connectivity index (χ2v) is 4.83. The molecule has 1 aromatic heterocycles. The zero-order valence-corrected chi connectivity index (χ0v) is 11.6. The van der Waals surface area contributed by atoms with E-state index in [9.17, 15) is 0 Å². The van der Waals surface area contributed by atoms with E-state index in [-0.39, 0.29) is 0 Å². The van der Waals surface area contributed by atoms with Gasteiger partial charge in [-0.3, -0.25) is 4.98 Å². The van der Waals surface area contributed by atoms with Crippen LogP contribution in [0.25, 0.3) is 10.9 Å². The number of pyridine rings is 1. The van der Waals surface area contributed by atoms with Crippen molar-refractivity contribution < 1.29 is 0 Å². The molecule has 0 saturated carbocycles. The first-order chi connectivity index (χ1) is 7.56. The second-order valence-electron chi connectivity index (χ2n) is 4.04. The van der Waals surface area contributed by atoms with E-state index in [1.165, 1.54) is 22.2 Å². The van der Waals surface area contributed by atoms with Crippen molar-refractivity contribution in [2.75, 3.05) is 12.4 Å². The van der Waals surface area contributed by atoms with Gasteiger partial charge in [-0.25, -0.2) is 0 Å². The molecule has 0 bridgehead atoms. The predicted molar refractivity (Wildman–Crippen MR) is 73.2 cm³/mol. The van der Waals surface area contributed by atoms with Crippen molar-refractivity contribution in [1.29, 1.82) is 0 Å². The minimum atomic E-state index is 1.03. The van der Waals surface area contributed by atoms with E-state index in [0.29, 0.717) is 0 Å². The topological polar surface area (TPSA) is 24.9 Å². The number of aromatic nitrogens is 1. The van der Waals surface area contributed by atoms with Gasteiger partial charge in [-0.2, -0.15) is 0 Å². The van der Waals surface area contributed by atoms with E-state index >= 15 is 0 Å². The van der Waals surface area contributed by atoms with Gasteiger partial charge in [0.05, 0.1) is 5.52 Å². The molecule has 0 aliphatic rings. The molecule has 0 unspecified atom stereocenters. The van der Waals surface area contributed by atoms with Crippen molar-refractivity contribution in [3.63, 3.8) is 0 Å². The first kappa shape index (κ1) is 11.4. The average molecular weight is 279 g/mol. The third-order valence-corrected chi connectivity index (χ3v) is 4.03. The van der Waals surface area contributed by atoms with Gasteiger partial charge < -0.3 is 5.32 Å². The van der Waals surface area contributed by atoms with Crippen LogP contribution in [0.3, 0.4) is 0 Å². The number of nitrogens with zero attached hydrogens (tertiary/aromatic N) is 1. The molecule has 0 amide bonds. The van der Waals surface area contributed by atoms with Crippen LogP contribution in [0.2, 0.25) is 0 Å². The van der Waals surface area contributed by atoms with Crippen LogP contribution >= 0.6 is 15.9 Å². The van der Waals surface area contributed by atoms with Gasteiger partial charge in [-0.1, -0.05) is 12.1 Å². The van der Waals surface area contributed by atoms with E-state index < -0.39 is 0 Å². The van der Waals surface area contributed by atoms with E-state index in [1.54, 1.807) is 0 Å². The Bertz CT molecular complexity index is 562. The molecule has 3 heteroatoms. The van der Waals surface area contributed by atoms with Crippen molar-refractivity contribution in [2.24, 2.45) is 0 Å². The standard InChI is InChI=1S/C13H15BrN2/c1-7-5-6-10-12(15-4)8(2)9(3)16-13(10)11(7)14/h5-6H,1-4H3,(H,15,16). The Morgan fingerprint density at radius 1 is 1.19 bits per heavy atom. The van der Waals surface area contributed by atoms with Crippen molar-refractivity contribution in [2.45, 2.75) is 20.8 Å². The fourth-order valence-corrected chi connectivity index (χ4v) is 2.37. The van der Waals surface area contributed by atoms with E-state index in [0.717, 1.165) is 15.7 Å². The van der Waals surface area contributed by atoms with Crippen LogP contribution in [0.5, 0.6) is 0 Å². The minimum absolute atomic E-state index is 1.03. The number of aryl methyl sites for hydroxylation is 2. The van der Waals surface area contributed by atoms with E-state index in [2.05, 4.69) is 52.2 Å². The summed E-state index contributed by atoms with van der Waals surface area (Å²) >= 11 is 3.61. The van der Waals surface area contributed by atoms with Crippen LogP contribution in [0.15, 0.2) is 16.6 Å². The molecular formula is C13H15BrN2. The summed E-state index contributed by atoms with van der Waals surface area (Å²) in [5.41, 5.74) is 5.70. The van der Waals surface area contributed by atoms with E-state index in [1.807, 2.05) is 14.0 Å². The number of anilines is 1. The highest BCUT2D eigenvalue weighted by Crippen LogP contribution is 2.33. The van der Waals surface area contributed by atoms with Crippen LogP contribution in [0.4, 0.5) is 5.69 Å². The lowest BCUT2D eigenvalue weighted by Gasteiger charge is -2.13. The van der Waals surface area contributed by atoms with Crippen LogP contribution in [-0.4, -0.2) is 12.0 Å². The Hall–Kier alpha value is -1.09. The lowest BCUT2D eigenvalue weighted by molar-refractivity contribution is 1.18. The Morgan fingerprint density at radius 2 is 1.88 bits per heavy atom. The highest BCUT2D eigenvalue weighted by molar-refractivity contribution is 9.10. The molecule has 84 valence electrons. The lowest BCUT2D eigenvalue weighted by Crippen LogP contribution is -1.99. The Morgan fingerprint density at radius 3 is 2.50 bits per heavy atom. The molecule has 2 nitrogen and oxygen atoms in total. The first-order valence-electron chi connectivity index (χ1n) is 5.30. The van der Waals surface area contributed by atoms with Gasteiger partial charge in [-0.15, -0.1) is 0 Å². The number of rotatable bonds is 1. The quantitative estimate of drug-likeness (QED) is 0.854. The molecule has 0 radical (unpaired) electrons. The number of halogens is 1. The maximum Gasteiger partial charge on any atom is 0.0870 e. The van der Waals surface area contributed by atoms with Crippen molar-refractivity contribution >= 4 is 32.5 Å². The summed E-state index contributed by atoms with van der Waals surface area (Å²) in [4.78, 5) is 4.66. The van der Waals surface area contributed by atoms with Crippen LogP contribution in [0.1, 0.15) is 16.8 Å². The van der Waals surface area contributed by atoms with Gasteiger partial charge in [0.1, 0.15) is 0 Å². The summed E-state index contributed by atoms with van der Waals surface area (Å²) in [6.45, 7) is 6.23. The number of hydrogen-bond donors (Lipinski definition) is 1. The number of fused-ring (bicyclic) bond motifs is 1. The maximum absolute atomic E-state index is 4.66. The predicted octanol–water partition coefficient (Wildman–Crippen LogP) is 3.96. The lowest BCUT2D eigenvalue weighted by atomic mass is 10.1. The monoisotopic (exact) mass is 278 g/mol. The normalized spacial score (nSPS) is 10.8. The number of nitrogens with one attached hydrogen (secondary N) is 1. The molecule has 0 saturated heterocycles. The number of benzene rings is 1. The van der Waals surface area contributed by atoms with Crippen LogP contribution in [0, 0.1) is 20.8 Å². The van der Waals surface area contributed by atoms with E-state index in [4.69, 9.17) is 0 Å². The summed E-state index contributed by atoms with van der Waals surface area (Å²) in [5, 5.41) is 4.43. The summed E-state index contributed by atoms with van der Waals surface area (Å²) in [5.74, 6) is 0. The summed E-state index contributed by atoms with van der Waals surface area (Å²) in [7, 11) is 1.95. The average Bonchev–Trinajstić information content (AvgIpc) is 2.27. The van der Waals surface area contributed by atoms with Gasteiger partial charge in [0, 0.05) is 28.3 Å². The smallest absolute Gasteiger partial charge is 0.0870 e. The Labute approximate surface area is 104 Å². The van der Waals surface area contributed by atoms with Crippen LogP contribution < -0.4 is 5.32 Å². The molecular weight excluding hydrogens is 264 g/mol. The van der Waals surface area contributed by atoms with Gasteiger partial charge in [-0.05, 0) is 47.8 Å². The van der Waals surface area contributed by atoms with Crippen LogP contribution in [-0.2, 0) is 0 Å². The molecule has 0 fully saturated rings. The summed E-state index contributed by atoms with van der Waals surface area (Å²) in [6, 6.07) is 4.24. The van der Waals surface area contributed by atoms with Gasteiger partial charge in [0.2, 0.25) is 0 Å². The molecule has 1 heterocycles. The molecule has 2 rings (SSSR count). The minimum Gasteiger partial charge on any atom is -0.387 e. The largest absolute Gasteiger partial charge is 0.387 e. The third-order valence-electron chi connectivity index (χ3n) is 3.03. The molecule has 0 aliphatic heterocycles. The first-order valence-corrected chi connectivity index (χ1v) is 6.09. The second kappa shape index (κ2) is 4.06. The zero-order valence-electron chi connectivity index (χ0n) is 9.98. The maximum atomic E-state index is 4.66. The molecule has 0 spiro atoms.